The van der Waals surface area contributed by atoms with Crippen molar-refractivity contribution in [2.45, 2.75) is 39.0 Å². The first-order valence-corrected chi connectivity index (χ1v) is 12.5. The molecule has 8 nitrogen and oxygen atoms in total. The van der Waals surface area contributed by atoms with Crippen molar-refractivity contribution in [1.29, 1.82) is 0 Å². The molecular weight excluding hydrogens is 418 g/mol. The van der Waals surface area contributed by atoms with Crippen LogP contribution in [0.25, 0.3) is 0 Å². The number of hydrogen-bond donors (Lipinski definition) is 1. The summed E-state index contributed by atoms with van der Waals surface area (Å²) in [7, 11) is -0.282. The van der Waals surface area contributed by atoms with E-state index in [4.69, 9.17) is 9.47 Å². The molecule has 1 N–H and O–H groups in total. The van der Waals surface area contributed by atoms with E-state index in [1.165, 1.54) is 4.31 Å². The summed E-state index contributed by atoms with van der Waals surface area (Å²) in [6.45, 7) is 4.51. The van der Waals surface area contributed by atoms with Crippen LogP contribution in [0.2, 0.25) is 0 Å². The van der Waals surface area contributed by atoms with Crippen LogP contribution < -0.4 is 14.8 Å². The van der Waals surface area contributed by atoms with Gasteiger partial charge in [-0.2, -0.15) is 17.0 Å². The fraction of sp³-hybridized carbons (Fsp3) is 0.682. The molecule has 1 unspecified atom stereocenters. The lowest BCUT2D eigenvalue weighted by Crippen LogP contribution is -2.52. The lowest BCUT2D eigenvalue weighted by atomic mass is 9.98. The van der Waals surface area contributed by atoms with Gasteiger partial charge in [-0.15, -0.1) is 0 Å². The number of methoxy groups -OCH3 is 2. The average molecular weight is 454 g/mol. The zero-order valence-corrected chi connectivity index (χ0v) is 19.6. The van der Waals surface area contributed by atoms with Crippen molar-refractivity contribution in [3.05, 3.63) is 23.8 Å². The van der Waals surface area contributed by atoms with E-state index >= 15 is 0 Å². The van der Waals surface area contributed by atoms with Crippen molar-refractivity contribution in [2.75, 3.05) is 46.9 Å². The Morgan fingerprint density at radius 3 is 2.52 bits per heavy atom. The Bertz CT molecular complexity index is 853. The van der Waals surface area contributed by atoms with E-state index < -0.39 is 10.2 Å². The molecule has 2 aliphatic rings. The van der Waals surface area contributed by atoms with Crippen molar-refractivity contribution in [3.8, 4) is 11.5 Å². The van der Waals surface area contributed by atoms with Crippen LogP contribution in [0.15, 0.2) is 18.2 Å². The minimum atomic E-state index is -3.50. The van der Waals surface area contributed by atoms with Gasteiger partial charge in [0.2, 0.25) is 5.91 Å². The van der Waals surface area contributed by atoms with Crippen molar-refractivity contribution < 1.29 is 22.7 Å². The van der Waals surface area contributed by atoms with Crippen LogP contribution in [-0.2, 0) is 21.4 Å². The molecule has 1 amide bonds. The highest BCUT2D eigenvalue weighted by molar-refractivity contribution is 7.86. The molecule has 2 saturated heterocycles. The predicted octanol–water partition coefficient (Wildman–Crippen LogP) is 2.05. The Hall–Kier alpha value is -1.84. The zero-order valence-electron chi connectivity index (χ0n) is 18.8. The predicted molar refractivity (Wildman–Crippen MR) is 119 cm³/mol. The lowest BCUT2D eigenvalue weighted by Gasteiger charge is -2.37. The maximum Gasteiger partial charge on any atom is 0.281 e. The molecule has 3 rings (SSSR count). The molecule has 1 aromatic carbocycles. The summed E-state index contributed by atoms with van der Waals surface area (Å²) in [5, 5.41) is 2.98. The molecule has 31 heavy (non-hydrogen) atoms. The Morgan fingerprint density at radius 2 is 1.84 bits per heavy atom. The molecule has 0 aromatic heterocycles. The van der Waals surface area contributed by atoms with Gasteiger partial charge < -0.3 is 14.8 Å². The number of nitrogens with one attached hydrogen (secondary N) is 1. The summed E-state index contributed by atoms with van der Waals surface area (Å²) < 4.78 is 39.8. The van der Waals surface area contributed by atoms with Crippen LogP contribution in [0.4, 0.5) is 0 Å². The van der Waals surface area contributed by atoms with Gasteiger partial charge in [-0.25, -0.2) is 0 Å². The van der Waals surface area contributed by atoms with Gasteiger partial charge in [0.15, 0.2) is 0 Å². The van der Waals surface area contributed by atoms with Crippen molar-refractivity contribution >= 4 is 16.1 Å². The third kappa shape index (κ3) is 5.90. The van der Waals surface area contributed by atoms with Crippen LogP contribution in [0.1, 0.15) is 38.2 Å². The Balaban J connectivity index is 1.53. The number of amides is 1. The molecule has 2 aliphatic heterocycles. The number of benzene rings is 1. The van der Waals surface area contributed by atoms with Crippen molar-refractivity contribution in [2.24, 2.45) is 11.8 Å². The average Bonchev–Trinajstić information content (AvgIpc) is 2.79. The smallest absolute Gasteiger partial charge is 0.281 e. The third-order valence-electron chi connectivity index (χ3n) is 6.34. The number of hydrogen-bond acceptors (Lipinski definition) is 5. The van der Waals surface area contributed by atoms with Gasteiger partial charge in [0.25, 0.3) is 10.2 Å². The minimum absolute atomic E-state index is 0.0837. The minimum Gasteiger partial charge on any atom is -0.497 e. The van der Waals surface area contributed by atoms with E-state index in [1.807, 2.05) is 18.2 Å². The first-order valence-electron chi connectivity index (χ1n) is 11.1. The number of nitrogens with zero attached hydrogens (tertiary/aromatic N) is 2. The van der Waals surface area contributed by atoms with Gasteiger partial charge in [-0.1, -0.05) is 13.0 Å². The van der Waals surface area contributed by atoms with E-state index in [0.29, 0.717) is 51.4 Å². The van der Waals surface area contributed by atoms with E-state index in [2.05, 4.69) is 12.2 Å². The monoisotopic (exact) mass is 453 g/mol. The highest BCUT2D eigenvalue weighted by atomic mass is 32.2. The second-order valence-electron chi connectivity index (χ2n) is 8.51. The van der Waals surface area contributed by atoms with Gasteiger partial charge in [-0.3, -0.25) is 4.79 Å². The Kier molecular flexibility index (Phi) is 8.18. The van der Waals surface area contributed by atoms with E-state index in [9.17, 15) is 13.2 Å². The van der Waals surface area contributed by atoms with Gasteiger partial charge in [0.1, 0.15) is 11.5 Å². The van der Waals surface area contributed by atoms with E-state index in [-0.39, 0.29) is 18.4 Å². The summed E-state index contributed by atoms with van der Waals surface area (Å²) in [6, 6.07) is 5.62. The van der Waals surface area contributed by atoms with Gasteiger partial charge in [0, 0.05) is 38.8 Å². The van der Waals surface area contributed by atoms with Crippen molar-refractivity contribution in [1.82, 2.24) is 13.9 Å². The fourth-order valence-corrected chi connectivity index (χ4v) is 6.00. The normalized spacial score (nSPS) is 21.6. The van der Waals surface area contributed by atoms with E-state index in [0.717, 1.165) is 29.9 Å². The third-order valence-corrected chi connectivity index (χ3v) is 8.34. The molecule has 0 spiro atoms. The second-order valence-corrected chi connectivity index (χ2v) is 10.4. The molecule has 0 saturated carbocycles. The van der Waals surface area contributed by atoms with Crippen LogP contribution in [0.3, 0.4) is 0 Å². The fourth-order valence-electron chi connectivity index (χ4n) is 4.27. The highest BCUT2D eigenvalue weighted by Gasteiger charge is 2.36. The number of carbonyl (C=O) groups excluding carboxylic acids is 1. The molecule has 2 fully saturated rings. The Morgan fingerprint density at radius 1 is 1.10 bits per heavy atom. The molecule has 0 radical (unpaired) electrons. The molecule has 174 valence electrons. The largest absolute Gasteiger partial charge is 0.497 e. The zero-order chi connectivity index (χ0) is 22.4. The van der Waals surface area contributed by atoms with Crippen LogP contribution in [-0.4, -0.2) is 69.9 Å². The van der Waals surface area contributed by atoms with Crippen LogP contribution in [0.5, 0.6) is 11.5 Å². The quantitative estimate of drug-likeness (QED) is 0.651. The van der Waals surface area contributed by atoms with Gasteiger partial charge >= 0.3 is 0 Å². The highest BCUT2D eigenvalue weighted by Crippen LogP contribution is 2.26. The molecule has 2 heterocycles. The summed E-state index contributed by atoms with van der Waals surface area (Å²) in [6.07, 6.45) is 3.83. The number of rotatable bonds is 8. The molecule has 0 bridgehead atoms. The molecular formula is C22H35N3O5S. The second kappa shape index (κ2) is 10.7. The molecule has 9 heteroatoms. The summed E-state index contributed by atoms with van der Waals surface area (Å²) in [4.78, 5) is 12.7. The number of carbonyl (C=O) groups is 1. The summed E-state index contributed by atoms with van der Waals surface area (Å²) >= 11 is 0. The van der Waals surface area contributed by atoms with Crippen LogP contribution >= 0.6 is 0 Å². The van der Waals surface area contributed by atoms with E-state index in [1.54, 1.807) is 18.5 Å². The van der Waals surface area contributed by atoms with Crippen molar-refractivity contribution in [3.63, 3.8) is 0 Å². The molecule has 1 aromatic rings. The maximum atomic E-state index is 13.0. The summed E-state index contributed by atoms with van der Waals surface area (Å²) in [5.74, 6) is 1.61. The lowest BCUT2D eigenvalue weighted by molar-refractivity contribution is -0.126. The first kappa shape index (κ1) is 23.8. The first-order chi connectivity index (χ1) is 14.8. The maximum absolute atomic E-state index is 13.0. The van der Waals surface area contributed by atoms with Gasteiger partial charge in [0.05, 0.1) is 20.1 Å². The number of ether oxygens (including phenoxy) is 2. The van der Waals surface area contributed by atoms with Gasteiger partial charge in [-0.05, 0) is 49.7 Å². The van der Waals surface area contributed by atoms with Crippen LogP contribution in [0, 0.1) is 11.8 Å². The SMILES string of the molecule is COc1ccc(CCNC(=O)C2CCCN(S(=O)(=O)N3CCC(C)CC3)C2)c(OC)c1. The number of piperidine rings is 2. The molecule has 1 atom stereocenters. The molecule has 0 aliphatic carbocycles. The summed E-state index contributed by atoms with van der Waals surface area (Å²) in [5.41, 5.74) is 0.982. The topological polar surface area (TPSA) is 88.2 Å². The standard InChI is InChI=1S/C22H35N3O5S/c1-17-9-13-24(14-10-17)31(27,28)25-12-4-5-19(16-25)22(26)23-11-8-18-6-7-20(29-2)15-21(18)30-3/h6-7,15,17,19H,4-5,8-14,16H2,1-3H3,(H,23,26). The Labute approximate surface area is 186 Å².